The first-order chi connectivity index (χ1) is 13.1. The van der Waals surface area contributed by atoms with Crippen LogP contribution < -0.4 is 10.6 Å². The van der Waals surface area contributed by atoms with E-state index < -0.39 is 5.91 Å². The predicted molar refractivity (Wildman–Crippen MR) is 102 cm³/mol. The molecule has 2 amide bonds. The highest BCUT2D eigenvalue weighted by molar-refractivity contribution is 6.08. The lowest BCUT2D eigenvalue weighted by Crippen LogP contribution is -2.17. The lowest BCUT2D eigenvalue weighted by Gasteiger charge is -2.09. The molecule has 2 aromatic carbocycles. The summed E-state index contributed by atoms with van der Waals surface area (Å²) in [6, 6.07) is 19.1. The van der Waals surface area contributed by atoms with E-state index in [9.17, 15) is 9.59 Å². The summed E-state index contributed by atoms with van der Waals surface area (Å²) in [5.41, 5.74) is 2.77. The van der Waals surface area contributed by atoms with Crippen molar-refractivity contribution in [3.05, 3.63) is 89.2 Å². The average Bonchev–Trinajstić information content (AvgIpc) is 2.70. The van der Waals surface area contributed by atoms with Crippen LogP contribution in [-0.2, 0) is 0 Å². The highest BCUT2D eigenvalue weighted by Gasteiger charge is 2.14. The van der Waals surface area contributed by atoms with Gasteiger partial charge in [0.2, 0.25) is 0 Å². The fraction of sp³-hybridized carbons (Fsp3) is 0.0476. The van der Waals surface area contributed by atoms with Crippen LogP contribution in [0.25, 0.3) is 0 Å². The van der Waals surface area contributed by atoms with Crippen molar-refractivity contribution < 1.29 is 9.59 Å². The third-order valence-corrected chi connectivity index (χ3v) is 3.94. The molecular formula is C21H16N4O2. The third kappa shape index (κ3) is 4.17. The van der Waals surface area contributed by atoms with Gasteiger partial charge in [0.05, 0.1) is 11.3 Å². The van der Waals surface area contributed by atoms with Crippen LogP contribution in [0.2, 0.25) is 0 Å². The molecule has 0 bridgehead atoms. The van der Waals surface area contributed by atoms with Crippen LogP contribution in [0.3, 0.4) is 0 Å². The maximum absolute atomic E-state index is 12.5. The van der Waals surface area contributed by atoms with E-state index in [1.54, 1.807) is 30.3 Å². The van der Waals surface area contributed by atoms with Crippen molar-refractivity contribution in [1.29, 1.82) is 5.26 Å². The molecule has 6 nitrogen and oxygen atoms in total. The number of carbonyl (C=O) groups is 2. The van der Waals surface area contributed by atoms with Gasteiger partial charge in [-0.15, -0.1) is 0 Å². The standard InChI is InChI=1S/C21H16N4O2/c1-14-6-2-4-8-17(14)24-20(26)15-10-11-23-19(12-15)21(27)25-18-9-5-3-7-16(18)13-22/h2-12H,1H3,(H,24,26)(H,25,27). The first-order valence-corrected chi connectivity index (χ1v) is 8.22. The third-order valence-electron chi connectivity index (χ3n) is 3.94. The number of nitrogens with one attached hydrogen (secondary N) is 2. The molecular weight excluding hydrogens is 340 g/mol. The molecule has 0 atom stereocenters. The molecule has 1 aromatic heterocycles. The van der Waals surface area contributed by atoms with Crippen molar-refractivity contribution in [2.24, 2.45) is 0 Å². The molecule has 27 heavy (non-hydrogen) atoms. The van der Waals surface area contributed by atoms with Gasteiger partial charge in [0.25, 0.3) is 11.8 Å². The number of nitrogens with zero attached hydrogens (tertiary/aromatic N) is 2. The SMILES string of the molecule is Cc1ccccc1NC(=O)c1ccnc(C(=O)Nc2ccccc2C#N)c1. The summed E-state index contributed by atoms with van der Waals surface area (Å²) in [5.74, 6) is -0.832. The molecule has 0 saturated heterocycles. The Kier molecular flexibility index (Phi) is 5.24. The van der Waals surface area contributed by atoms with Gasteiger partial charge in [-0.3, -0.25) is 14.6 Å². The van der Waals surface area contributed by atoms with Gasteiger partial charge >= 0.3 is 0 Å². The molecule has 0 radical (unpaired) electrons. The highest BCUT2D eigenvalue weighted by atomic mass is 16.2. The monoisotopic (exact) mass is 356 g/mol. The number of pyridine rings is 1. The Morgan fingerprint density at radius 2 is 1.59 bits per heavy atom. The van der Waals surface area contributed by atoms with Crippen molar-refractivity contribution in [2.75, 3.05) is 10.6 Å². The minimum absolute atomic E-state index is 0.0835. The molecule has 132 valence electrons. The predicted octanol–water partition coefficient (Wildman–Crippen LogP) is 3.77. The number of nitriles is 1. The maximum atomic E-state index is 12.5. The Morgan fingerprint density at radius 1 is 0.926 bits per heavy atom. The van der Waals surface area contributed by atoms with Gasteiger partial charge < -0.3 is 10.6 Å². The van der Waals surface area contributed by atoms with Crippen LogP contribution in [0, 0.1) is 18.3 Å². The second-order valence-corrected chi connectivity index (χ2v) is 5.81. The fourth-order valence-corrected chi connectivity index (χ4v) is 2.48. The van der Waals surface area contributed by atoms with E-state index >= 15 is 0 Å². The Labute approximate surface area is 156 Å². The van der Waals surface area contributed by atoms with Gasteiger partial charge in [0.15, 0.2) is 0 Å². The number of anilines is 2. The number of para-hydroxylation sites is 2. The lowest BCUT2D eigenvalue weighted by atomic mass is 10.1. The van der Waals surface area contributed by atoms with E-state index in [4.69, 9.17) is 5.26 Å². The Balaban J connectivity index is 1.79. The zero-order valence-corrected chi connectivity index (χ0v) is 14.6. The van der Waals surface area contributed by atoms with E-state index in [2.05, 4.69) is 15.6 Å². The quantitative estimate of drug-likeness (QED) is 0.744. The summed E-state index contributed by atoms with van der Waals surface area (Å²) < 4.78 is 0. The second kappa shape index (κ2) is 7.93. The fourth-order valence-electron chi connectivity index (χ4n) is 2.48. The van der Waals surface area contributed by atoms with Gasteiger partial charge in [-0.25, -0.2) is 0 Å². The first kappa shape index (κ1) is 17.8. The van der Waals surface area contributed by atoms with Crippen LogP contribution in [0.5, 0.6) is 0 Å². The molecule has 0 spiro atoms. The topological polar surface area (TPSA) is 94.9 Å². The summed E-state index contributed by atoms with van der Waals surface area (Å²) in [4.78, 5) is 29.0. The smallest absolute Gasteiger partial charge is 0.274 e. The molecule has 3 rings (SSSR count). The molecule has 0 aliphatic rings. The number of rotatable bonds is 4. The lowest BCUT2D eigenvalue weighted by molar-refractivity contribution is 0.102. The molecule has 6 heteroatoms. The van der Waals surface area contributed by atoms with Crippen LogP contribution in [0.4, 0.5) is 11.4 Å². The minimum atomic E-state index is -0.497. The van der Waals surface area contributed by atoms with E-state index in [0.29, 0.717) is 22.5 Å². The van der Waals surface area contributed by atoms with E-state index in [1.807, 2.05) is 31.2 Å². The van der Waals surface area contributed by atoms with Crippen molar-refractivity contribution in [3.8, 4) is 6.07 Å². The number of aromatic nitrogens is 1. The van der Waals surface area contributed by atoms with E-state index in [-0.39, 0.29) is 11.6 Å². The van der Waals surface area contributed by atoms with Gasteiger partial charge in [0, 0.05) is 17.4 Å². The average molecular weight is 356 g/mol. The molecule has 0 unspecified atom stereocenters. The van der Waals surface area contributed by atoms with Crippen LogP contribution in [0.1, 0.15) is 32.0 Å². The van der Waals surface area contributed by atoms with Gasteiger partial charge in [-0.05, 0) is 42.8 Å². The zero-order valence-electron chi connectivity index (χ0n) is 14.6. The number of hydrogen-bond acceptors (Lipinski definition) is 4. The normalized spacial score (nSPS) is 9.93. The Morgan fingerprint density at radius 3 is 2.33 bits per heavy atom. The molecule has 0 aliphatic carbocycles. The maximum Gasteiger partial charge on any atom is 0.274 e. The second-order valence-electron chi connectivity index (χ2n) is 5.81. The summed E-state index contributed by atoms with van der Waals surface area (Å²) >= 11 is 0. The summed E-state index contributed by atoms with van der Waals surface area (Å²) in [6.07, 6.45) is 1.40. The molecule has 0 fully saturated rings. The largest absolute Gasteiger partial charge is 0.322 e. The summed E-state index contributed by atoms with van der Waals surface area (Å²) in [6.45, 7) is 1.90. The van der Waals surface area contributed by atoms with Gasteiger partial charge in [-0.1, -0.05) is 30.3 Å². The van der Waals surface area contributed by atoms with E-state index in [1.165, 1.54) is 18.3 Å². The number of amides is 2. The van der Waals surface area contributed by atoms with Gasteiger partial charge in [0.1, 0.15) is 11.8 Å². The summed E-state index contributed by atoms with van der Waals surface area (Å²) in [7, 11) is 0. The molecule has 0 saturated carbocycles. The number of hydrogen-bond donors (Lipinski definition) is 2. The van der Waals surface area contributed by atoms with Crippen molar-refractivity contribution >= 4 is 23.2 Å². The molecule has 3 aromatic rings. The van der Waals surface area contributed by atoms with Gasteiger partial charge in [-0.2, -0.15) is 5.26 Å². The first-order valence-electron chi connectivity index (χ1n) is 8.22. The van der Waals surface area contributed by atoms with Crippen molar-refractivity contribution in [2.45, 2.75) is 6.92 Å². The highest BCUT2D eigenvalue weighted by Crippen LogP contribution is 2.17. The van der Waals surface area contributed by atoms with E-state index in [0.717, 1.165) is 5.56 Å². The van der Waals surface area contributed by atoms with Crippen molar-refractivity contribution in [1.82, 2.24) is 4.98 Å². The van der Waals surface area contributed by atoms with Crippen molar-refractivity contribution in [3.63, 3.8) is 0 Å². The molecule has 0 aliphatic heterocycles. The molecule has 2 N–H and O–H groups in total. The Bertz CT molecular complexity index is 1050. The van der Waals surface area contributed by atoms with Crippen LogP contribution >= 0.6 is 0 Å². The van der Waals surface area contributed by atoms with Crippen LogP contribution in [-0.4, -0.2) is 16.8 Å². The number of aryl methyl sites for hydroxylation is 1. The Hall–Kier alpha value is -3.98. The van der Waals surface area contributed by atoms with Crippen LogP contribution in [0.15, 0.2) is 66.9 Å². The zero-order chi connectivity index (χ0) is 19.2. The number of benzene rings is 2. The molecule has 1 heterocycles. The summed E-state index contributed by atoms with van der Waals surface area (Å²) in [5, 5.41) is 14.6. The minimum Gasteiger partial charge on any atom is -0.322 e. The number of carbonyl (C=O) groups excluding carboxylic acids is 2.